The Balaban J connectivity index is 1.30. The number of carbonyl (C=O) groups excluding carboxylic acids is 4. The van der Waals surface area contributed by atoms with E-state index in [1.54, 1.807) is 42.2 Å². The molecule has 11 nitrogen and oxygen atoms in total. The molecule has 1 aromatic heterocycles. The molecule has 44 heavy (non-hydrogen) atoms. The SMILES string of the molecule is CCOC(=O)c1ccc(N2C(=O)C3Sc4[nH]c(=O)sc4C(c4ccc(OCC(=O)N5CCCCC5)c(OC)c4)C3C2=O)cc1. The second-order valence-corrected chi connectivity index (χ2v) is 12.8. The lowest BCUT2D eigenvalue weighted by Crippen LogP contribution is -2.38. The zero-order valence-electron chi connectivity index (χ0n) is 24.2. The number of benzene rings is 2. The minimum absolute atomic E-state index is 0.0878. The number of thiazole rings is 1. The molecule has 2 saturated heterocycles. The number of rotatable bonds is 8. The number of carbonyl (C=O) groups is 4. The van der Waals surface area contributed by atoms with Gasteiger partial charge >= 0.3 is 10.8 Å². The number of nitrogens with zero attached hydrogens (tertiary/aromatic N) is 2. The molecular formula is C31H31N3O8S2. The summed E-state index contributed by atoms with van der Waals surface area (Å²) in [4.78, 5) is 71.2. The summed E-state index contributed by atoms with van der Waals surface area (Å²) in [5.74, 6) is -2.05. The lowest BCUT2D eigenvalue weighted by Gasteiger charge is -2.30. The van der Waals surface area contributed by atoms with E-state index in [4.69, 9.17) is 14.2 Å². The molecule has 1 N–H and O–H groups in total. The summed E-state index contributed by atoms with van der Waals surface area (Å²) >= 11 is 2.19. The van der Waals surface area contributed by atoms with Gasteiger partial charge in [-0.25, -0.2) is 9.69 Å². The van der Waals surface area contributed by atoms with Gasteiger partial charge in [0.1, 0.15) is 5.25 Å². The smallest absolute Gasteiger partial charge is 0.338 e. The maximum atomic E-state index is 14.0. The Kier molecular flexibility index (Phi) is 8.50. The van der Waals surface area contributed by atoms with E-state index in [-0.39, 0.29) is 24.0 Å². The number of hydrogen-bond donors (Lipinski definition) is 1. The summed E-state index contributed by atoms with van der Waals surface area (Å²) in [5, 5.41) is -0.225. The number of esters is 1. The van der Waals surface area contributed by atoms with Crippen molar-refractivity contribution in [3.8, 4) is 11.5 Å². The quantitative estimate of drug-likeness (QED) is 0.289. The van der Waals surface area contributed by atoms with Crippen molar-refractivity contribution in [2.75, 3.05) is 38.3 Å². The number of aromatic nitrogens is 1. The molecule has 13 heteroatoms. The fourth-order valence-electron chi connectivity index (χ4n) is 5.96. The maximum Gasteiger partial charge on any atom is 0.338 e. The van der Waals surface area contributed by atoms with E-state index >= 15 is 0 Å². The lowest BCUT2D eigenvalue weighted by atomic mass is 9.83. The van der Waals surface area contributed by atoms with Crippen LogP contribution >= 0.6 is 23.1 Å². The van der Waals surface area contributed by atoms with Crippen molar-refractivity contribution >= 4 is 52.5 Å². The van der Waals surface area contributed by atoms with Crippen molar-refractivity contribution in [1.29, 1.82) is 0 Å². The van der Waals surface area contributed by atoms with Crippen molar-refractivity contribution in [3.05, 3.63) is 68.1 Å². The first kappa shape index (κ1) is 29.9. The molecule has 3 aliphatic rings. The van der Waals surface area contributed by atoms with Gasteiger partial charge in [0.2, 0.25) is 11.8 Å². The van der Waals surface area contributed by atoms with Crippen molar-refractivity contribution in [2.24, 2.45) is 5.92 Å². The van der Waals surface area contributed by atoms with E-state index in [1.165, 1.54) is 31.0 Å². The highest BCUT2D eigenvalue weighted by atomic mass is 32.2. The Morgan fingerprint density at radius 3 is 2.43 bits per heavy atom. The first-order chi connectivity index (χ1) is 21.3. The summed E-state index contributed by atoms with van der Waals surface area (Å²) in [6, 6.07) is 11.4. The number of fused-ring (bicyclic) bond motifs is 2. The first-order valence-corrected chi connectivity index (χ1v) is 16.1. The molecular weight excluding hydrogens is 606 g/mol. The molecule has 3 atom stereocenters. The summed E-state index contributed by atoms with van der Waals surface area (Å²) in [5.41, 5.74) is 1.33. The minimum Gasteiger partial charge on any atom is -0.493 e. The molecule has 0 aliphatic carbocycles. The first-order valence-electron chi connectivity index (χ1n) is 14.4. The number of imide groups is 1. The van der Waals surface area contributed by atoms with Gasteiger partial charge in [-0.05, 0) is 68.1 Å². The topological polar surface area (TPSA) is 135 Å². The molecule has 3 unspecified atom stereocenters. The van der Waals surface area contributed by atoms with Crippen LogP contribution in [0.4, 0.5) is 5.69 Å². The molecule has 6 rings (SSSR count). The number of nitrogens with one attached hydrogen (secondary N) is 1. The molecule has 3 amide bonds. The van der Waals surface area contributed by atoms with Gasteiger partial charge in [-0.15, -0.1) is 0 Å². The van der Waals surface area contributed by atoms with Gasteiger partial charge < -0.3 is 24.1 Å². The number of H-pyrrole nitrogens is 1. The second kappa shape index (κ2) is 12.5. The van der Waals surface area contributed by atoms with Gasteiger partial charge in [0.05, 0.1) is 35.9 Å². The Bertz CT molecular complexity index is 1660. The number of likely N-dealkylation sites (tertiary alicyclic amines) is 1. The van der Waals surface area contributed by atoms with E-state index < -0.39 is 34.9 Å². The zero-order valence-corrected chi connectivity index (χ0v) is 25.8. The van der Waals surface area contributed by atoms with Crippen LogP contribution in [0.5, 0.6) is 11.5 Å². The van der Waals surface area contributed by atoms with E-state index in [1.807, 2.05) is 0 Å². The van der Waals surface area contributed by atoms with Crippen LogP contribution in [-0.4, -0.2) is 72.2 Å². The normalized spacial score (nSPS) is 21.1. The minimum atomic E-state index is -0.798. The summed E-state index contributed by atoms with van der Waals surface area (Å²) in [6.07, 6.45) is 3.08. The number of ether oxygens (including phenoxy) is 3. The fourth-order valence-corrected chi connectivity index (χ4v) is 8.48. The van der Waals surface area contributed by atoms with Crippen molar-refractivity contribution in [3.63, 3.8) is 0 Å². The largest absolute Gasteiger partial charge is 0.493 e. The molecule has 3 aromatic rings. The standard InChI is InChI=1S/C31H31N3O8S2/c1-3-41-30(38)17-7-10-19(11-8-17)34-28(36)24-23(25-27(32-31(39)44-25)43-26(24)29(34)37)18-9-12-20(21(15-18)40-2)42-16-22(35)33-13-5-4-6-14-33/h7-12,15,23-24,26H,3-6,13-14,16H2,1-2H3,(H,32,39). The van der Waals surface area contributed by atoms with Gasteiger partial charge in [0.25, 0.3) is 5.91 Å². The number of aromatic amines is 1. The number of anilines is 1. The highest BCUT2D eigenvalue weighted by molar-refractivity contribution is 8.00. The Hall–Kier alpha value is -4.10. The summed E-state index contributed by atoms with van der Waals surface area (Å²) < 4.78 is 16.5. The predicted molar refractivity (Wildman–Crippen MR) is 164 cm³/mol. The molecule has 2 aromatic carbocycles. The van der Waals surface area contributed by atoms with E-state index in [0.717, 1.165) is 48.6 Å². The van der Waals surface area contributed by atoms with Crippen LogP contribution in [0.3, 0.4) is 0 Å². The zero-order chi connectivity index (χ0) is 31.0. The summed E-state index contributed by atoms with van der Waals surface area (Å²) in [7, 11) is 1.49. The van der Waals surface area contributed by atoms with Crippen LogP contribution in [0.1, 0.15) is 52.9 Å². The highest BCUT2D eigenvalue weighted by Crippen LogP contribution is 2.53. The molecule has 4 heterocycles. The van der Waals surface area contributed by atoms with E-state index in [0.29, 0.717) is 38.2 Å². The van der Waals surface area contributed by atoms with Gasteiger partial charge in [0.15, 0.2) is 18.1 Å². The average molecular weight is 638 g/mol. The Morgan fingerprint density at radius 2 is 1.73 bits per heavy atom. The lowest BCUT2D eigenvalue weighted by molar-refractivity contribution is -0.134. The third-order valence-corrected chi connectivity index (χ3v) is 10.5. The van der Waals surface area contributed by atoms with Gasteiger partial charge in [-0.1, -0.05) is 29.2 Å². The number of hydrogen-bond acceptors (Lipinski definition) is 10. The van der Waals surface area contributed by atoms with E-state index in [9.17, 15) is 24.0 Å². The predicted octanol–water partition coefficient (Wildman–Crippen LogP) is 3.81. The Morgan fingerprint density at radius 1 is 0.977 bits per heavy atom. The average Bonchev–Trinajstić information content (AvgIpc) is 3.54. The number of piperidine rings is 1. The van der Waals surface area contributed by atoms with Crippen molar-refractivity contribution in [1.82, 2.24) is 9.88 Å². The molecule has 0 radical (unpaired) electrons. The van der Waals surface area contributed by atoms with Crippen LogP contribution in [0.25, 0.3) is 0 Å². The van der Waals surface area contributed by atoms with Gasteiger partial charge in [-0.2, -0.15) is 0 Å². The fraction of sp³-hybridized carbons (Fsp3) is 0.387. The second-order valence-electron chi connectivity index (χ2n) is 10.7. The van der Waals surface area contributed by atoms with Crippen molar-refractivity contribution in [2.45, 2.75) is 42.4 Å². The monoisotopic (exact) mass is 637 g/mol. The number of amides is 3. The molecule has 0 saturated carbocycles. The van der Waals surface area contributed by atoms with Crippen LogP contribution in [0.2, 0.25) is 0 Å². The Labute approximate surface area is 261 Å². The number of thioether (sulfide) groups is 1. The van der Waals surface area contributed by atoms with E-state index in [2.05, 4.69) is 4.98 Å². The van der Waals surface area contributed by atoms with Gasteiger partial charge in [-0.3, -0.25) is 19.2 Å². The maximum absolute atomic E-state index is 14.0. The summed E-state index contributed by atoms with van der Waals surface area (Å²) in [6.45, 7) is 3.26. The van der Waals surface area contributed by atoms with Crippen LogP contribution in [0, 0.1) is 5.92 Å². The molecule has 0 bridgehead atoms. The highest BCUT2D eigenvalue weighted by Gasteiger charge is 2.56. The molecule has 0 spiro atoms. The third kappa shape index (κ3) is 5.50. The third-order valence-electron chi connectivity index (χ3n) is 8.07. The van der Waals surface area contributed by atoms with Crippen LogP contribution < -0.4 is 19.2 Å². The molecule has 230 valence electrons. The van der Waals surface area contributed by atoms with Crippen LogP contribution in [0.15, 0.2) is 52.3 Å². The number of methoxy groups -OCH3 is 1. The van der Waals surface area contributed by atoms with Crippen LogP contribution in [-0.2, 0) is 19.1 Å². The molecule has 3 aliphatic heterocycles. The van der Waals surface area contributed by atoms with Crippen molar-refractivity contribution < 1.29 is 33.4 Å². The molecule has 2 fully saturated rings. The van der Waals surface area contributed by atoms with Gasteiger partial charge in [0, 0.05) is 23.9 Å².